The first-order valence-corrected chi connectivity index (χ1v) is 7.71. The molecule has 2 unspecified atom stereocenters. The number of rotatable bonds is 4. The van der Waals surface area contributed by atoms with Crippen molar-refractivity contribution in [1.29, 1.82) is 5.26 Å². The molecule has 1 heterocycles. The average Bonchev–Trinajstić information content (AvgIpc) is 2.45. The van der Waals surface area contributed by atoms with Crippen molar-refractivity contribution in [3.05, 3.63) is 0 Å². The van der Waals surface area contributed by atoms with Gasteiger partial charge in [0.1, 0.15) is 0 Å². The van der Waals surface area contributed by atoms with E-state index >= 15 is 0 Å². The van der Waals surface area contributed by atoms with Crippen LogP contribution in [0.25, 0.3) is 0 Å². The normalized spacial score (nSPS) is 30.4. The van der Waals surface area contributed by atoms with Crippen LogP contribution in [0.3, 0.4) is 0 Å². The molecule has 1 aliphatic carbocycles. The summed E-state index contributed by atoms with van der Waals surface area (Å²) in [5, 5.41) is 9.30. The zero-order valence-corrected chi connectivity index (χ0v) is 12.5. The second-order valence-corrected chi connectivity index (χ2v) is 6.27. The highest BCUT2D eigenvalue weighted by Crippen LogP contribution is 2.28. The maximum Gasteiger partial charge on any atom is 0.0672 e. The fraction of sp³-hybridized carbons (Fsp3) is 0.933. The first kappa shape index (κ1) is 14.8. The number of nitrogens with zero attached hydrogens (tertiary/aromatic N) is 4. The predicted molar refractivity (Wildman–Crippen MR) is 77.9 cm³/mol. The Labute approximate surface area is 118 Å². The van der Waals surface area contributed by atoms with Crippen molar-refractivity contribution >= 4 is 0 Å². The minimum Gasteiger partial charge on any atom is -0.308 e. The lowest BCUT2D eigenvalue weighted by atomic mass is 9.84. The fourth-order valence-electron chi connectivity index (χ4n) is 3.36. The molecule has 0 radical (unpaired) electrons. The molecule has 2 aliphatic rings. The van der Waals surface area contributed by atoms with Gasteiger partial charge in [-0.15, -0.1) is 0 Å². The van der Waals surface area contributed by atoms with Gasteiger partial charge in [-0.3, -0.25) is 9.80 Å². The highest BCUT2D eigenvalue weighted by Gasteiger charge is 2.31. The number of nitriles is 1. The van der Waals surface area contributed by atoms with Crippen LogP contribution in [-0.2, 0) is 0 Å². The van der Waals surface area contributed by atoms with E-state index in [-0.39, 0.29) is 5.92 Å². The Hall–Kier alpha value is -0.630. The Kier molecular flexibility index (Phi) is 5.62. The van der Waals surface area contributed by atoms with Crippen molar-refractivity contribution in [2.24, 2.45) is 5.92 Å². The van der Waals surface area contributed by atoms with Crippen LogP contribution < -0.4 is 0 Å². The first-order chi connectivity index (χ1) is 9.20. The molecule has 0 aromatic heterocycles. The Morgan fingerprint density at radius 1 is 1.11 bits per heavy atom. The lowest BCUT2D eigenvalue weighted by molar-refractivity contribution is 0.0607. The van der Waals surface area contributed by atoms with Gasteiger partial charge in [0.25, 0.3) is 0 Å². The third-order valence-corrected chi connectivity index (χ3v) is 4.63. The fourth-order valence-corrected chi connectivity index (χ4v) is 3.36. The lowest BCUT2D eigenvalue weighted by Gasteiger charge is -2.42. The van der Waals surface area contributed by atoms with Crippen molar-refractivity contribution < 1.29 is 0 Å². The molecule has 1 aliphatic heterocycles. The molecule has 0 aromatic carbocycles. The molecule has 4 heteroatoms. The molecule has 1 saturated heterocycles. The molecule has 1 saturated carbocycles. The summed E-state index contributed by atoms with van der Waals surface area (Å²) in [5.41, 5.74) is 0. The Morgan fingerprint density at radius 2 is 1.79 bits per heavy atom. The summed E-state index contributed by atoms with van der Waals surface area (Å²) in [6.07, 6.45) is 4.90. The summed E-state index contributed by atoms with van der Waals surface area (Å²) in [5.74, 6) is 0.280. The number of piperazine rings is 1. The van der Waals surface area contributed by atoms with Crippen LogP contribution in [0, 0.1) is 17.2 Å². The SMILES string of the molecule is CN(C)CCN1CCN(C2CCCCC2C#N)CC1. The van der Waals surface area contributed by atoms with Gasteiger partial charge in [-0.1, -0.05) is 12.8 Å². The summed E-state index contributed by atoms with van der Waals surface area (Å²) in [7, 11) is 4.27. The van der Waals surface area contributed by atoms with Crippen LogP contribution in [0.4, 0.5) is 0 Å². The molecule has 2 rings (SSSR count). The summed E-state index contributed by atoms with van der Waals surface area (Å²) in [4.78, 5) is 7.39. The van der Waals surface area contributed by atoms with E-state index in [1.165, 1.54) is 38.9 Å². The van der Waals surface area contributed by atoms with Gasteiger partial charge in [0, 0.05) is 45.3 Å². The molecular formula is C15H28N4. The van der Waals surface area contributed by atoms with E-state index in [2.05, 4.69) is 34.9 Å². The zero-order chi connectivity index (χ0) is 13.7. The number of hydrogen-bond acceptors (Lipinski definition) is 4. The molecule has 0 aromatic rings. The molecule has 0 bridgehead atoms. The van der Waals surface area contributed by atoms with E-state index in [0.717, 1.165) is 26.1 Å². The van der Waals surface area contributed by atoms with Crippen molar-refractivity contribution in [3.63, 3.8) is 0 Å². The molecule has 19 heavy (non-hydrogen) atoms. The van der Waals surface area contributed by atoms with Gasteiger partial charge in [-0.2, -0.15) is 5.26 Å². The quantitative estimate of drug-likeness (QED) is 0.765. The minimum absolute atomic E-state index is 0.280. The first-order valence-electron chi connectivity index (χ1n) is 7.71. The van der Waals surface area contributed by atoms with Gasteiger partial charge < -0.3 is 4.90 Å². The summed E-state index contributed by atoms with van der Waals surface area (Å²) in [6.45, 7) is 6.95. The number of likely N-dealkylation sites (N-methyl/N-ethyl adjacent to an activating group) is 1. The average molecular weight is 264 g/mol. The van der Waals surface area contributed by atoms with Gasteiger partial charge in [-0.25, -0.2) is 0 Å². The second kappa shape index (κ2) is 7.23. The van der Waals surface area contributed by atoms with E-state index in [1.807, 2.05) is 0 Å². The van der Waals surface area contributed by atoms with Gasteiger partial charge in [0.15, 0.2) is 0 Å². The highest BCUT2D eigenvalue weighted by molar-refractivity contribution is 4.96. The summed E-state index contributed by atoms with van der Waals surface area (Å²) >= 11 is 0. The Bertz CT molecular complexity index is 302. The van der Waals surface area contributed by atoms with Gasteiger partial charge in [-0.05, 0) is 26.9 Å². The summed E-state index contributed by atoms with van der Waals surface area (Å²) in [6, 6.07) is 3.08. The van der Waals surface area contributed by atoms with Crippen LogP contribution in [0.1, 0.15) is 25.7 Å². The molecule has 2 fully saturated rings. The Morgan fingerprint density at radius 3 is 2.42 bits per heavy atom. The molecule has 0 amide bonds. The molecule has 0 N–H and O–H groups in total. The van der Waals surface area contributed by atoms with Crippen molar-refractivity contribution in [1.82, 2.24) is 14.7 Å². The van der Waals surface area contributed by atoms with Crippen LogP contribution in [0.5, 0.6) is 0 Å². The van der Waals surface area contributed by atoms with Crippen molar-refractivity contribution in [3.8, 4) is 6.07 Å². The van der Waals surface area contributed by atoms with Crippen LogP contribution in [-0.4, -0.2) is 74.1 Å². The molecular weight excluding hydrogens is 236 g/mol. The van der Waals surface area contributed by atoms with E-state index < -0.39 is 0 Å². The molecule has 0 spiro atoms. The standard InChI is InChI=1S/C15H28N4/c1-17(2)7-8-18-9-11-19(12-10-18)15-6-4-3-5-14(15)13-16/h14-15H,3-12H2,1-2H3. The van der Waals surface area contributed by atoms with Crippen molar-refractivity contribution in [2.75, 3.05) is 53.4 Å². The highest BCUT2D eigenvalue weighted by atomic mass is 15.3. The van der Waals surface area contributed by atoms with Crippen LogP contribution >= 0.6 is 0 Å². The van der Waals surface area contributed by atoms with Crippen LogP contribution in [0.15, 0.2) is 0 Å². The number of hydrogen-bond donors (Lipinski definition) is 0. The third kappa shape index (κ3) is 4.17. The molecule has 4 nitrogen and oxygen atoms in total. The lowest BCUT2D eigenvalue weighted by Crippen LogP contribution is -2.53. The molecule has 2 atom stereocenters. The topological polar surface area (TPSA) is 33.5 Å². The van der Waals surface area contributed by atoms with Gasteiger partial charge in [0.2, 0.25) is 0 Å². The van der Waals surface area contributed by atoms with Gasteiger partial charge in [0.05, 0.1) is 12.0 Å². The van der Waals surface area contributed by atoms with E-state index in [1.54, 1.807) is 0 Å². The van der Waals surface area contributed by atoms with Crippen molar-refractivity contribution in [2.45, 2.75) is 31.7 Å². The molecule has 108 valence electrons. The van der Waals surface area contributed by atoms with E-state index in [0.29, 0.717) is 6.04 Å². The second-order valence-electron chi connectivity index (χ2n) is 6.27. The predicted octanol–water partition coefficient (Wildman–Crippen LogP) is 1.25. The smallest absolute Gasteiger partial charge is 0.0672 e. The monoisotopic (exact) mass is 264 g/mol. The third-order valence-electron chi connectivity index (χ3n) is 4.63. The maximum absolute atomic E-state index is 9.30. The summed E-state index contributed by atoms with van der Waals surface area (Å²) < 4.78 is 0. The van der Waals surface area contributed by atoms with Crippen LogP contribution in [0.2, 0.25) is 0 Å². The minimum atomic E-state index is 0.280. The Balaban J connectivity index is 1.77. The van der Waals surface area contributed by atoms with E-state index in [9.17, 15) is 5.26 Å². The van der Waals surface area contributed by atoms with Gasteiger partial charge >= 0.3 is 0 Å². The zero-order valence-electron chi connectivity index (χ0n) is 12.5. The maximum atomic E-state index is 9.30. The largest absolute Gasteiger partial charge is 0.308 e. The van der Waals surface area contributed by atoms with E-state index in [4.69, 9.17) is 0 Å².